The Morgan fingerprint density at radius 2 is 0.673 bits per heavy atom. The molecule has 9 rings (SSSR count). The predicted molar refractivity (Wildman–Crippen MR) is 202 cm³/mol. The SMILES string of the molecule is c1ccc(-c2ccc(-c3ccc(-c4cccc5c4oc4c(-c6ccc(-c7ccc(-c8ccccc8)nc7)cc6)cccc45)cc3)cn2)cc1. The number of para-hydroxylation sites is 2. The van der Waals surface area contributed by atoms with Crippen molar-refractivity contribution < 1.29 is 4.42 Å². The Balaban J connectivity index is 1.01. The van der Waals surface area contributed by atoms with E-state index in [-0.39, 0.29) is 0 Å². The first kappa shape index (κ1) is 28.6. The summed E-state index contributed by atoms with van der Waals surface area (Å²) < 4.78 is 6.74. The Morgan fingerprint density at radius 3 is 1.06 bits per heavy atom. The van der Waals surface area contributed by atoms with Crippen molar-refractivity contribution in [2.24, 2.45) is 0 Å². The second-order valence-corrected chi connectivity index (χ2v) is 12.2. The van der Waals surface area contributed by atoms with Gasteiger partial charge >= 0.3 is 0 Å². The fourth-order valence-corrected chi connectivity index (χ4v) is 6.65. The van der Waals surface area contributed by atoms with Gasteiger partial charge in [0.25, 0.3) is 0 Å². The van der Waals surface area contributed by atoms with Gasteiger partial charge < -0.3 is 4.42 Å². The second-order valence-electron chi connectivity index (χ2n) is 12.2. The Bertz CT molecular complexity index is 2350. The summed E-state index contributed by atoms with van der Waals surface area (Å²) in [6.07, 6.45) is 3.90. The maximum Gasteiger partial charge on any atom is 0.143 e. The lowest BCUT2D eigenvalue weighted by Crippen LogP contribution is -1.85. The Kier molecular flexibility index (Phi) is 7.14. The number of benzene rings is 6. The van der Waals surface area contributed by atoms with Gasteiger partial charge in [-0.25, -0.2) is 0 Å². The van der Waals surface area contributed by atoms with E-state index in [2.05, 4.69) is 133 Å². The number of aromatic nitrogens is 2. The molecule has 0 aliphatic carbocycles. The molecule has 6 aromatic carbocycles. The minimum absolute atomic E-state index is 0.896. The van der Waals surface area contributed by atoms with Crippen molar-refractivity contribution in [3.8, 4) is 67.0 Å². The first-order valence-corrected chi connectivity index (χ1v) is 16.5. The third-order valence-electron chi connectivity index (χ3n) is 9.25. The van der Waals surface area contributed by atoms with Crippen LogP contribution in [0.4, 0.5) is 0 Å². The number of hydrogen-bond acceptors (Lipinski definition) is 3. The Labute approximate surface area is 284 Å². The molecule has 0 fully saturated rings. The highest BCUT2D eigenvalue weighted by atomic mass is 16.3. The summed E-state index contributed by atoms with van der Waals surface area (Å²) in [5.74, 6) is 0. The largest absolute Gasteiger partial charge is 0.455 e. The molecule has 0 unspecified atom stereocenters. The number of nitrogens with zero attached hydrogens (tertiary/aromatic N) is 2. The molecule has 0 aliphatic rings. The highest BCUT2D eigenvalue weighted by molar-refractivity contribution is 6.13. The van der Waals surface area contributed by atoms with Crippen LogP contribution < -0.4 is 0 Å². The van der Waals surface area contributed by atoms with Crippen LogP contribution in [0.25, 0.3) is 89.0 Å². The summed E-state index contributed by atoms with van der Waals surface area (Å²) in [4.78, 5) is 9.44. The van der Waals surface area contributed by atoms with Gasteiger partial charge in [0.15, 0.2) is 0 Å². The molecule has 230 valence electrons. The minimum atomic E-state index is 0.896. The standard InChI is InChI=1S/C46H30N2O/c1-3-9-35(10-4-1)43-27-25-37(29-47-43)31-17-21-33(22-18-31)39-13-7-15-41-42-16-8-14-40(46(42)49-45(39)41)34-23-19-32(20-24-34)38-26-28-44(48-30-38)36-11-5-2-6-12-36/h1-30H. The van der Waals surface area contributed by atoms with Crippen LogP contribution >= 0.6 is 0 Å². The topological polar surface area (TPSA) is 38.9 Å². The smallest absolute Gasteiger partial charge is 0.143 e. The lowest BCUT2D eigenvalue weighted by Gasteiger charge is -2.07. The summed E-state index contributed by atoms with van der Waals surface area (Å²) in [5, 5.41) is 2.22. The molecule has 0 radical (unpaired) electrons. The molecule has 3 heteroatoms. The number of hydrogen-bond donors (Lipinski definition) is 0. The summed E-state index contributed by atoms with van der Waals surface area (Å²) in [6, 6.07) is 59.1. The third-order valence-corrected chi connectivity index (χ3v) is 9.25. The molecule has 3 nitrogen and oxygen atoms in total. The summed E-state index contributed by atoms with van der Waals surface area (Å²) >= 11 is 0. The molecular weight excluding hydrogens is 597 g/mol. The molecule has 0 saturated carbocycles. The van der Waals surface area contributed by atoms with Crippen LogP contribution in [0.15, 0.2) is 187 Å². The van der Waals surface area contributed by atoms with E-state index in [0.29, 0.717) is 0 Å². The van der Waals surface area contributed by atoms with Crippen LogP contribution in [0.1, 0.15) is 0 Å². The Morgan fingerprint density at radius 1 is 0.286 bits per heavy atom. The van der Waals surface area contributed by atoms with Crippen molar-refractivity contribution in [1.29, 1.82) is 0 Å². The molecule has 3 heterocycles. The first-order valence-electron chi connectivity index (χ1n) is 16.5. The molecule has 9 aromatic rings. The average Bonchev–Trinajstić information content (AvgIpc) is 3.58. The van der Waals surface area contributed by atoms with Crippen LogP contribution in [-0.2, 0) is 0 Å². The normalized spacial score (nSPS) is 11.3. The van der Waals surface area contributed by atoms with Gasteiger partial charge in [-0.3, -0.25) is 9.97 Å². The van der Waals surface area contributed by atoms with Crippen LogP contribution in [0.2, 0.25) is 0 Å². The van der Waals surface area contributed by atoms with Crippen LogP contribution in [0.3, 0.4) is 0 Å². The number of fused-ring (bicyclic) bond motifs is 3. The van der Waals surface area contributed by atoms with E-state index in [1.54, 1.807) is 0 Å². The van der Waals surface area contributed by atoms with Gasteiger partial charge in [0.1, 0.15) is 11.2 Å². The van der Waals surface area contributed by atoms with Crippen molar-refractivity contribution in [2.75, 3.05) is 0 Å². The summed E-state index contributed by atoms with van der Waals surface area (Å²) in [6.45, 7) is 0. The van der Waals surface area contributed by atoms with Gasteiger partial charge in [-0.1, -0.05) is 158 Å². The average molecular weight is 627 g/mol. The highest BCUT2D eigenvalue weighted by Crippen LogP contribution is 2.40. The molecule has 0 amide bonds. The van der Waals surface area contributed by atoms with Crippen molar-refractivity contribution in [3.63, 3.8) is 0 Å². The first-order chi connectivity index (χ1) is 24.3. The highest BCUT2D eigenvalue weighted by Gasteiger charge is 2.16. The van der Waals surface area contributed by atoms with E-state index >= 15 is 0 Å². The zero-order valence-corrected chi connectivity index (χ0v) is 26.6. The molecule has 49 heavy (non-hydrogen) atoms. The van der Waals surface area contributed by atoms with Crippen molar-refractivity contribution in [1.82, 2.24) is 9.97 Å². The second kappa shape index (κ2) is 12.2. The number of pyridine rings is 2. The molecule has 0 aliphatic heterocycles. The predicted octanol–water partition coefficient (Wildman–Crippen LogP) is 12.4. The van der Waals surface area contributed by atoms with Gasteiger partial charge in [-0.2, -0.15) is 0 Å². The van der Waals surface area contributed by atoms with Crippen LogP contribution in [-0.4, -0.2) is 9.97 Å². The molecule has 3 aromatic heterocycles. The molecular formula is C46H30N2O. The fourth-order valence-electron chi connectivity index (χ4n) is 6.65. The van der Waals surface area contributed by atoms with E-state index < -0.39 is 0 Å². The lowest BCUT2D eigenvalue weighted by atomic mass is 9.98. The lowest BCUT2D eigenvalue weighted by molar-refractivity contribution is 0.671. The quantitative estimate of drug-likeness (QED) is 0.184. The van der Waals surface area contributed by atoms with Crippen LogP contribution in [0, 0.1) is 0 Å². The fraction of sp³-hybridized carbons (Fsp3) is 0. The summed E-state index contributed by atoms with van der Waals surface area (Å²) in [5.41, 5.74) is 14.8. The molecule has 0 N–H and O–H groups in total. The van der Waals surface area contributed by atoms with Gasteiger partial charge in [0, 0.05) is 56.5 Å². The van der Waals surface area contributed by atoms with E-state index in [1.807, 2.05) is 48.8 Å². The van der Waals surface area contributed by atoms with Crippen LogP contribution in [0.5, 0.6) is 0 Å². The van der Waals surface area contributed by atoms with Gasteiger partial charge in [0.05, 0.1) is 11.4 Å². The van der Waals surface area contributed by atoms with Crippen molar-refractivity contribution in [3.05, 3.63) is 182 Å². The number of rotatable bonds is 6. The molecule has 0 atom stereocenters. The van der Waals surface area contributed by atoms with Gasteiger partial charge in [0.2, 0.25) is 0 Å². The summed E-state index contributed by atoms with van der Waals surface area (Å²) in [7, 11) is 0. The van der Waals surface area contributed by atoms with Gasteiger partial charge in [-0.05, 0) is 34.4 Å². The van der Waals surface area contributed by atoms with E-state index in [9.17, 15) is 0 Å². The zero-order chi connectivity index (χ0) is 32.6. The van der Waals surface area contributed by atoms with Gasteiger partial charge in [-0.15, -0.1) is 0 Å². The monoisotopic (exact) mass is 626 g/mol. The third kappa shape index (κ3) is 5.38. The minimum Gasteiger partial charge on any atom is -0.455 e. The zero-order valence-electron chi connectivity index (χ0n) is 26.6. The van der Waals surface area contributed by atoms with Crippen molar-refractivity contribution >= 4 is 21.9 Å². The molecule has 0 saturated heterocycles. The van der Waals surface area contributed by atoms with Crippen molar-refractivity contribution in [2.45, 2.75) is 0 Å². The Hall–Kier alpha value is -6.58. The number of furan rings is 1. The molecule has 0 bridgehead atoms. The maximum atomic E-state index is 6.74. The maximum absolute atomic E-state index is 6.74. The van der Waals surface area contributed by atoms with E-state index in [0.717, 1.165) is 89.0 Å². The van der Waals surface area contributed by atoms with E-state index in [1.165, 1.54) is 0 Å². The molecule has 0 spiro atoms. The van der Waals surface area contributed by atoms with E-state index in [4.69, 9.17) is 14.4 Å².